The van der Waals surface area contributed by atoms with Crippen molar-refractivity contribution in [2.45, 2.75) is 58.3 Å². The molecule has 2 rings (SSSR count). The highest BCUT2D eigenvalue weighted by molar-refractivity contribution is 9.11. The molecule has 12 nitrogen and oxygen atoms in total. The normalized spacial score (nSPS) is 23.1. The number of esters is 4. The van der Waals surface area contributed by atoms with Crippen LogP contribution < -0.4 is 16.4 Å². The van der Waals surface area contributed by atoms with Crippen LogP contribution in [0.5, 0.6) is 0 Å². The van der Waals surface area contributed by atoms with Crippen molar-refractivity contribution in [2.24, 2.45) is 0 Å². The van der Waals surface area contributed by atoms with E-state index in [4.69, 9.17) is 41.6 Å². The zero-order valence-electron chi connectivity index (χ0n) is 19.7. The van der Waals surface area contributed by atoms with Crippen molar-refractivity contribution >= 4 is 84.4 Å². The van der Waals surface area contributed by atoms with Gasteiger partial charge < -0.3 is 40.1 Å². The van der Waals surface area contributed by atoms with Crippen molar-refractivity contribution < 1.29 is 42.9 Å². The summed E-state index contributed by atoms with van der Waals surface area (Å²) in [5, 5.41) is 5.84. The summed E-state index contributed by atoms with van der Waals surface area (Å²) in [5.41, 5.74) is 6.94. The number of ether oxygens (including phenoxy) is 5. The van der Waals surface area contributed by atoms with E-state index in [0.717, 1.165) is 20.8 Å². The summed E-state index contributed by atoms with van der Waals surface area (Å²) in [4.78, 5) is 47.0. The van der Waals surface area contributed by atoms with Gasteiger partial charge in [-0.3, -0.25) is 19.2 Å². The summed E-state index contributed by atoms with van der Waals surface area (Å²) < 4.78 is 28.3. The number of halogens is 2. The third-order valence-electron chi connectivity index (χ3n) is 4.60. The Labute approximate surface area is 229 Å². The molecule has 0 aromatic heterocycles. The molecule has 1 fully saturated rings. The number of carbonyl (C=O) groups excluding carboxylic acids is 4. The molecule has 1 heterocycles. The highest BCUT2D eigenvalue weighted by atomic mass is 79.9. The van der Waals surface area contributed by atoms with E-state index < -0.39 is 54.5 Å². The molecule has 0 bridgehead atoms. The monoisotopic (exact) mass is 653 g/mol. The Morgan fingerprint density at radius 3 is 1.92 bits per heavy atom. The number of benzene rings is 1. The third kappa shape index (κ3) is 8.57. The summed E-state index contributed by atoms with van der Waals surface area (Å²) in [7, 11) is 0. The van der Waals surface area contributed by atoms with Crippen LogP contribution in [0, 0.1) is 0 Å². The van der Waals surface area contributed by atoms with Gasteiger partial charge in [-0.25, -0.2) is 0 Å². The van der Waals surface area contributed by atoms with Gasteiger partial charge in [-0.05, 0) is 56.2 Å². The molecule has 0 radical (unpaired) electrons. The molecule has 1 aliphatic rings. The first-order valence-electron chi connectivity index (χ1n) is 10.4. The van der Waals surface area contributed by atoms with Gasteiger partial charge in [-0.1, -0.05) is 0 Å². The van der Waals surface area contributed by atoms with Gasteiger partial charge in [0.25, 0.3) is 0 Å². The lowest BCUT2D eigenvalue weighted by Gasteiger charge is -2.44. The van der Waals surface area contributed by atoms with Crippen LogP contribution in [0.3, 0.4) is 0 Å². The number of nitrogens with one attached hydrogen (secondary N) is 2. The standard InChI is InChI=1S/C21H25Br2N3O9S/c1-8(27)31-7-15-17(32-9(2)28)18(33-10(3)29)19(34-11(4)30)20(35-15)26-21(36)25-12-5-13(22)16(24)14(23)6-12/h5-6,15,17-20H,7,24H2,1-4H3,(H2,25,26,36)/t15-,17+,18-,19+,20+/m0/s1. The zero-order valence-corrected chi connectivity index (χ0v) is 23.7. The Morgan fingerprint density at radius 1 is 0.917 bits per heavy atom. The summed E-state index contributed by atoms with van der Waals surface area (Å²) in [6, 6.07) is 3.36. The second-order valence-electron chi connectivity index (χ2n) is 7.57. The van der Waals surface area contributed by atoms with Gasteiger partial charge in [0, 0.05) is 42.3 Å². The maximum Gasteiger partial charge on any atom is 0.303 e. The third-order valence-corrected chi connectivity index (χ3v) is 6.13. The topological polar surface area (TPSA) is 165 Å². The Hall–Kier alpha value is -2.49. The second-order valence-corrected chi connectivity index (χ2v) is 9.69. The van der Waals surface area contributed by atoms with Gasteiger partial charge in [-0.15, -0.1) is 0 Å². The number of nitrogen functional groups attached to an aromatic ring is 1. The van der Waals surface area contributed by atoms with Crippen LogP contribution in [0.2, 0.25) is 0 Å². The zero-order chi connectivity index (χ0) is 27.2. The molecule has 0 amide bonds. The Morgan fingerprint density at radius 2 is 1.42 bits per heavy atom. The fourth-order valence-corrected chi connectivity index (χ4v) is 4.72. The van der Waals surface area contributed by atoms with E-state index in [1.165, 1.54) is 6.92 Å². The highest BCUT2D eigenvalue weighted by Crippen LogP contribution is 2.32. The molecule has 4 N–H and O–H groups in total. The first-order chi connectivity index (χ1) is 16.8. The largest absolute Gasteiger partial charge is 0.463 e. The van der Waals surface area contributed by atoms with Crippen molar-refractivity contribution in [3.63, 3.8) is 0 Å². The number of carbonyl (C=O) groups is 4. The summed E-state index contributed by atoms with van der Waals surface area (Å²) in [5.74, 6) is -2.80. The average Bonchev–Trinajstić information content (AvgIpc) is 2.73. The van der Waals surface area contributed by atoms with Gasteiger partial charge in [0.05, 0.1) is 5.69 Å². The molecule has 15 heteroatoms. The van der Waals surface area contributed by atoms with E-state index in [0.29, 0.717) is 20.3 Å². The van der Waals surface area contributed by atoms with Crippen LogP contribution in [0.4, 0.5) is 11.4 Å². The molecular formula is C21H25Br2N3O9S. The molecule has 0 unspecified atom stereocenters. The molecule has 5 atom stereocenters. The predicted molar refractivity (Wildman–Crippen MR) is 138 cm³/mol. The predicted octanol–water partition coefficient (Wildman–Crippen LogP) is 2.16. The van der Waals surface area contributed by atoms with Crippen molar-refractivity contribution in [1.29, 1.82) is 0 Å². The van der Waals surface area contributed by atoms with Crippen molar-refractivity contribution in [3.8, 4) is 0 Å². The minimum atomic E-state index is -1.32. The number of thiocarbonyl (C=S) groups is 1. The molecule has 0 spiro atoms. The van der Waals surface area contributed by atoms with E-state index in [1.807, 2.05) is 0 Å². The fraction of sp³-hybridized carbons (Fsp3) is 0.476. The van der Waals surface area contributed by atoms with Gasteiger partial charge in [0.15, 0.2) is 29.7 Å². The van der Waals surface area contributed by atoms with Crippen LogP contribution in [-0.4, -0.2) is 66.2 Å². The number of rotatable bonds is 7. The van der Waals surface area contributed by atoms with Gasteiger partial charge in [-0.2, -0.15) is 0 Å². The van der Waals surface area contributed by atoms with E-state index >= 15 is 0 Å². The molecule has 1 saturated heterocycles. The van der Waals surface area contributed by atoms with Gasteiger partial charge in [0.2, 0.25) is 0 Å². The lowest BCUT2D eigenvalue weighted by atomic mass is 9.97. The van der Waals surface area contributed by atoms with Crippen LogP contribution in [0.25, 0.3) is 0 Å². The highest BCUT2D eigenvalue weighted by Gasteiger charge is 2.52. The summed E-state index contributed by atoms with van der Waals surface area (Å²) in [6.45, 7) is 4.26. The summed E-state index contributed by atoms with van der Waals surface area (Å²) >= 11 is 12.1. The van der Waals surface area contributed by atoms with Crippen molar-refractivity contribution in [3.05, 3.63) is 21.1 Å². The van der Waals surface area contributed by atoms with E-state index in [-0.39, 0.29) is 11.7 Å². The minimum Gasteiger partial charge on any atom is -0.463 e. The van der Waals surface area contributed by atoms with Crippen LogP contribution in [-0.2, 0) is 42.9 Å². The molecule has 1 aromatic carbocycles. The number of anilines is 2. The second kappa shape index (κ2) is 13.2. The molecule has 1 aromatic rings. The number of nitrogens with two attached hydrogens (primary N) is 1. The first kappa shape index (κ1) is 29.7. The van der Waals surface area contributed by atoms with E-state index in [1.54, 1.807) is 12.1 Å². The Kier molecular flexibility index (Phi) is 10.9. The number of hydrogen-bond acceptors (Lipinski definition) is 11. The van der Waals surface area contributed by atoms with Crippen LogP contribution >= 0.6 is 44.1 Å². The van der Waals surface area contributed by atoms with Crippen molar-refractivity contribution in [1.82, 2.24) is 5.32 Å². The maximum atomic E-state index is 11.9. The lowest BCUT2D eigenvalue weighted by Crippen LogP contribution is -2.66. The van der Waals surface area contributed by atoms with Crippen LogP contribution in [0.15, 0.2) is 21.1 Å². The first-order valence-corrected chi connectivity index (χ1v) is 12.4. The van der Waals surface area contributed by atoms with Crippen LogP contribution in [0.1, 0.15) is 27.7 Å². The Bertz CT molecular complexity index is 1020. The smallest absolute Gasteiger partial charge is 0.303 e. The number of hydrogen-bond donors (Lipinski definition) is 3. The SMILES string of the molecule is CC(=O)OC[C@@H]1O[C@@H](NC(=S)Nc2cc(Br)c(N)c(Br)c2)[C@H](OC(C)=O)[C@@H](OC(C)=O)[C@@H]1OC(C)=O. The summed E-state index contributed by atoms with van der Waals surface area (Å²) in [6.07, 6.45) is -6.18. The molecule has 36 heavy (non-hydrogen) atoms. The quantitative estimate of drug-likeness (QED) is 0.170. The van der Waals surface area contributed by atoms with E-state index in [9.17, 15) is 19.2 Å². The molecule has 0 aliphatic carbocycles. The minimum absolute atomic E-state index is 0.0412. The molecule has 0 saturated carbocycles. The molecule has 1 aliphatic heterocycles. The molecule has 198 valence electrons. The van der Waals surface area contributed by atoms with E-state index in [2.05, 4.69) is 42.5 Å². The Balaban J connectivity index is 2.38. The molecular weight excluding hydrogens is 630 g/mol. The lowest BCUT2D eigenvalue weighted by molar-refractivity contribution is -0.254. The van der Waals surface area contributed by atoms with Crippen molar-refractivity contribution in [2.75, 3.05) is 17.7 Å². The van der Waals surface area contributed by atoms with Gasteiger partial charge >= 0.3 is 23.9 Å². The maximum absolute atomic E-state index is 11.9. The van der Waals surface area contributed by atoms with Gasteiger partial charge in [0.1, 0.15) is 12.7 Å². The fourth-order valence-electron chi connectivity index (χ4n) is 3.30. The average molecular weight is 655 g/mol.